The maximum atomic E-state index is 12.1. The summed E-state index contributed by atoms with van der Waals surface area (Å²) in [4.78, 5) is 18.8. The summed E-state index contributed by atoms with van der Waals surface area (Å²) in [7, 11) is 0. The summed E-state index contributed by atoms with van der Waals surface area (Å²) in [6.45, 7) is 8.13. The molecule has 3 unspecified atom stereocenters. The lowest BCUT2D eigenvalue weighted by atomic mass is 10.2. The van der Waals surface area contributed by atoms with Gasteiger partial charge in [-0.2, -0.15) is 0 Å². The van der Waals surface area contributed by atoms with Crippen molar-refractivity contribution in [3.63, 3.8) is 0 Å². The fourth-order valence-corrected chi connectivity index (χ4v) is 3.12. The Morgan fingerprint density at radius 1 is 1.38 bits per heavy atom. The van der Waals surface area contributed by atoms with Crippen molar-refractivity contribution in [1.82, 2.24) is 15.6 Å². The van der Waals surface area contributed by atoms with Crippen molar-refractivity contribution in [2.45, 2.75) is 38.6 Å². The summed E-state index contributed by atoms with van der Waals surface area (Å²) in [6.07, 6.45) is 2.24. The zero-order valence-corrected chi connectivity index (χ0v) is 14.3. The van der Waals surface area contributed by atoms with E-state index in [4.69, 9.17) is 9.47 Å². The van der Waals surface area contributed by atoms with E-state index >= 15 is 0 Å². The quantitative estimate of drug-likeness (QED) is 0.825. The van der Waals surface area contributed by atoms with E-state index in [2.05, 4.69) is 34.4 Å². The van der Waals surface area contributed by atoms with Crippen molar-refractivity contribution in [2.24, 2.45) is 0 Å². The fourth-order valence-electron chi connectivity index (χ4n) is 3.12. The number of amides is 1. The third-order valence-corrected chi connectivity index (χ3v) is 4.26. The molecule has 0 spiro atoms. The van der Waals surface area contributed by atoms with Crippen LogP contribution in [0.4, 0.5) is 5.82 Å². The van der Waals surface area contributed by atoms with Crippen molar-refractivity contribution in [1.29, 1.82) is 0 Å². The molecule has 0 bridgehead atoms. The molecule has 2 saturated heterocycles. The van der Waals surface area contributed by atoms with Crippen molar-refractivity contribution in [3.8, 4) is 0 Å². The molecule has 1 amide bonds. The van der Waals surface area contributed by atoms with Crippen LogP contribution >= 0.6 is 0 Å². The van der Waals surface area contributed by atoms with Crippen LogP contribution in [0.3, 0.4) is 0 Å². The molecule has 3 heterocycles. The van der Waals surface area contributed by atoms with Gasteiger partial charge >= 0.3 is 0 Å². The van der Waals surface area contributed by atoms with Gasteiger partial charge in [-0.3, -0.25) is 4.79 Å². The van der Waals surface area contributed by atoms with Gasteiger partial charge in [0, 0.05) is 32.4 Å². The van der Waals surface area contributed by atoms with Crippen molar-refractivity contribution >= 4 is 11.7 Å². The Morgan fingerprint density at radius 2 is 2.17 bits per heavy atom. The van der Waals surface area contributed by atoms with Crippen LogP contribution in [-0.4, -0.2) is 62.0 Å². The lowest BCUT2D eigenvalue weighted by molar-refractivity contribution is -0.126. The Labute approximate surface area is 142 Å². The number of hydrogen-bond acceptors (Lipinski definition) is 6. The average Bonchev–Trinajstić information content (AvgIpc) is 2.60. The number of morpholine rings is 2. The molecular formula is C17H26N4O3. The van der Waals surface area contributed by atoms with E-state index in [1.807, 2.05) is 18.3 Å². The molecule has 132 valence electrons. The van der Waals surface area contributed by atoms with Crippen molar-refractivity contribution < 1.29 is 14.3 Å². The molecule has 24 heavy (non-hydrogen) atoms. The van der Waals surface area contributed by atoms with Crippen LogP contribution in [-0.2, 0) is 20.8 Å². The first kappa shape index (κ1) is 17.1. The van der Waals surface area contributed by atoms with Crippen LogP contribution in [0, 0.1) is 0 Å². The first-order valence-electron chi connectivity index (χ1n) is 8.56. The molecule has 7 nitrogen and oxygen atoms in total. The van der Waals surface area contributed by atoms with Crippen molar-refractivity contribution in [2.75, 3.05) is 37.7 Å². The van der Waals surface area contributed by atoms with Crippen LogP contribution in [0.15, 0.2) is 18.3 Å². The van der Waals surface area contributed by atoms with Crippen molar-refractivity contribution in [3.05, 3.63) is 23.9 Å². The molecule has 1 aromatic heterocycles. The minimum Gasteiger partial charge on any atom is -0.378 e. The first-order valence-corrected chi connectivity index (χ1v) is 8.56. The second kappa shape index (κ2) is 7.92. The molecule has 2 N–H and O–H groups in total. The zero-order valence-electron chi connectivity index (χ0n) is 14.3. The van der Waals surface area contributed by atoms with Gasteiger partial charge in [0.15, 0.2) is 0 Å². The smallest absolute Gasteiger partial charge is 0.239 e. The normalized spacial score (nSPS) is 27.8. The highest BCUT2D eigenvalue weighted by atomic mass is 16.5. The van der Waals surface area contributed by atoms with E-state index in [1.165, 1.54) is 0 Å². The Morgan fingerprint density at radius 3 is 2.79 bits per heavy atom. The molecule has 7 heteroatoms. The second-order valence-corrected chi connectivity index (χ2v) is 6.49. The molecule has 2 aliphatic heterocycles. The van der Waals surface area contributed by atoms with Gasteiger partial charge in [-0.25, -0.2) is 4.98 Å². The predicted octanol–water partition coefficient (Wildman–Crippen LogP) is 0.300. The van der Waals surface area contributed by atoms with Crippen LogP contribution in [0.1, 0.15) is 19.4 Å². The van der Waals surface area contributed by atoms with E-state index in [0.29, 0.717) is 26.3 Å². The lowest BCUT2D eigenvalue weighted by Gasteiger charge is -2.36. The van der Waals surface area contributed by atoms with E-state index in [1.54, 1.807) is 0 Å². The summed E-state index contributed by atoms with van der Waals surface area (Å²) < 4.78 is 11.1. The van der Waals surface area contributed by atoms with E-state index in [0.717, 1.165) is 24.5 Å². The van der Waals surface area contributed by atoms with Crippen LogP contribution < -0.4 is 15.5 Å². The van der Waals surface area contributed by atoms with Gasteiger partial charge in [0.2, 0.25) is 5.91 Å². The zero-order chi connectivity index (χ0) is 16.9. The summed E-state index contributed by atoms with van der Waals surface area (Å²) >= 11 is 0. The van der Waals surface area contributed by atoms with Gasteiger partial charge in [-0.15, -0.1) is 0 Å². The third kappa shape index (κ3) is 4.43. The maximum absolute atomic E-state index is 12.1. The number of ether oxygens (including phenoxy) is 2. The average molecular weight is 334 g/mol. The van der Waals surface area contributed by atoms with Gasteiger partial charge in [0.25, 0.3) is 0 Å². The molecule has 1 aromatic rings. The molecule has 3 atom stereocenters. The monoisotopic (exact) mass is 334 g/mol. The lowest BCUT2D eigenvalue weighted by Crippen LogP contribution is -2.51. The fraction of sp³-hybridized carbons (Fsp3) is 0.647. The van der Waals surface area contributed by atoms with Crippen LogP contribution in [0.2, 0.25) is 0 Å². The van der Waals surface area contributed by atoms with Gasteiger partial charge in [-0.05, 0) is 25.5 Å². The Balaban J connectivity index is 1.51. The SMILES string of the molecule is CC1CN(c2ccc(CNC(=O)C3COCCN3)cn2)CC(C)O1. The van der Waals surface area contributed by atoms with E-state index in [9.17, 15) is 4.79 Å². The molecule has 0 saturated carbocycles. The Kier molecular flexibility index (Phi) is 5.65. The number of nitrogens with one attached hydrogen (secondary N) is 2. The Bertz CT molecular complexity index is 535. The number of carbonyl (C=O) groups is 1. The minimum atomic E-state index is -0.262. The number of rotatable bonds is 4. The number of anilines is 1. The minimum absolute atomic E-state index is 0.0328. The molecule has 2 fully saturated rings. The molecule has 0 aliphatic carbocycles. The molecule has 2 aliphatic rings. The first-order chi connectivity index (χ1) is 11.6. The highest BCUT2D eigenvalue weighted by Gasteiger charge is 2.23. The largest absolute Gasteiger partial charge is 0.378 e. The number of hydrogen-bond donors (Lipinski definition) is 2. The highest BCUT2D eigenvalue weighted by Crippen LogP contribution is 2.18. The molecule has 3 rings (SSSR count). The second-order valence-electron chi connectivity index (χ2n) is 6.49. The van der Waals surface area contributed by atoms with Crippen LogP contribution in [0.25, 0.3) is 0 Å². The van der Waals surface area contributed by atoms with Crippen LogP contribution in [0.5, 0.6) is 0 Å². The van der Waals surface area contributed by atoms with Gasteiger partial charge in [-0.1, -0.05) is 6.07 Å². The van der Waals surface area contributed by atoms with E-state index < -0.39 is 0 Å². The van der Waals surface area contributed by atoms with Gasteiger partial charge in [0.05, 0.1) is 25.4 Å². The topological polar surface area (TPSA) is 75.7 Å². The molecule has 0 aromatic carbocycles. The maximum Gasteiger partial charge on any atom is 0.239 e. The van der Waals surface area contributed by atoms with Gasteiger partial charge < -0.3 is 25.0 Å². The van der Waals surface area contributed by atoms with Gasteiger partial charge in [0.1, 0.15) is 11.9 Å². The van der Waals surface area contributed by atoms with E-state index in [-0.39, 0.29) is 24.2 Å². The summed E-state index contributed by atoms with van der Waals surface area (Å²) in [5.74, 6) is 0.920. The number of pyridine rings is 1. The highest BCUT2D eigenvalue weighted by molar-refractivity contribution is 5.81. The summed E-state index contributed by atoms with van der Waals surface area (Å²) in [6, 6.07) is 3.76. The number of nitrogens with zero attached hydrogens (tertiary/aromatic N) is 2. The molecule has 0 radical (unpaired) electrons. The number of aromatic nitrogens is 1. The number of carbonyl (C=O) groups excluding carboxylic acids is 1. The Hall–Kier alpha value is -1.70. The summed E-state index contributed by atoms with van der Waals surface area (Å²) in [5, 5.41) is 6.07. The standard InChI is InChI=1S/C17H26N4O3/c1-12-9-21(10-13(2)24-12)16-4-3-14(7-19-16)8-20-17(22)15-11-23-6-5-18-15/h3-4,7,12-13,15,18H,5-6,8-11H2,1-2H3,(H,20,22). The summed E-state index contributed by atoms with van der Waals surface area (Å²) in [5.41, 5.74) is 0.984. The predicted molar refractivity (Wildman–Crippen MR) is 90.9 cm³/mol. The molecular weight excluding hydrogens is 308 g/mol. The third-order valence-electron chi connectivity index (χ3n) is 4.26.